The van der Waals surface area contributed by atoms with E-state index in [0.717, 1.165) is 6.42 Å². The molecule has 1 amide bonds. The number of nitrogens with zero attached hydrogens (tertiary/aromatic N) is 1. The van der Waals surface area contributed by atoms with E-state index >= 15 is 0 Å². The minimum Gasteiger partial charge on any atom is -0.469 e. The molecule has 0 fully saturated rings. The van der Waals surface area contributed by atoms with Crippen molar-refractivity contribution in [2.24, 2.45) is 5.92 Å². The van der Waals surface area contributed by atoms with E-state index in [4.69, 9.17) is 4.74 Å². The Balaban J connectivity index is 2.90. The van der Waals surface area contributed by atoms with Crippen molar-refractivity contribution in [2.75, 3.05) is 13.7 Å². The minimum atomic E-state index is -0.332. The zero-order valence-electron chi connectivity index (χ0n) is 12.6. The Labute approximate surface area is 120 Å². The van der Waals surface area contributed by atoms with E-state index in [0.29, 0.717) is 12.1 Å². The lowest BCUT2D eigenvalue weighted by Gasteiger charge is -2.30. The van der Waals surface area contributed by atoms with Crippen LogP contribution in [-0.4, -0.2) is 36.5 Å². The minimum absolute atomic E-state index is 0.0456. The van der Waals surface area contributed by atoms with Crippen LogP contribution in [0.15, 0.2) is 30.3 Å². The highest BCUT2D eigenvalue weighted by Crippen LogP contribution is 2.14. The van der Waals surface area contributed by atoms with Gasteiger partial charge in [0.15, 0.2) is 0 Å². The molecule has 1 aromatic rings. The van der Waals surface area contributed by atoms with E-state index in [-0.39, 0.29) is 23.8 Å². The van der Waals surface area contributed by atoms with Crippen molar-refractivity contribution in [3.8, 4) is 0 Å². The van der Waals surface area contributed by atoms with E-state index in [2.05, 4.69) is 0 Å². The molecule has 2 unspecified atom stereocenters. The number of ether oxygens (including phenoxy) is 1. The summed E-state index contributed by atoms with van der Waals surface area (Å²) in [5.74, 6) is -0.670. The van der Waals surface area contributed by atoms with Gasteiger partial charge in [-0.1, -0.05) is 32.0 Å². The number of benzene rings is 1. The van der Waals surface area contributed by atoms with Gasteiger partial charge in [0.1, 0.15) is 0 Å². The van der Waals surface area contributed by atoms with Crippen molar-refractivity contribution in [1.29, 1.82) is 0 Å². The average Bonchev–Trinajstić information content (AvgIpc) is 2.50. The largest absolute Gasteiger partial charge is 0.469 e. The highest BCUT2D eigenvalue weighted by Gasteiger charge is 2.25. The van der Waals surface area contributed by atoms with Crippen LogP contribution in [-0.2, 0) is 9.53 Å². The molecular formula is C16H23NO3. The molecule has 0 saturated heterocycles. The van der Waals surface area contributed by atoms with E-state index < -0.39 is 0 Å². The summed E-state index contributed by atoms with van der Waals surface area (Å²) in [7, 11) is 1.37. The maximum Gasteiger partial charge on any atom is 0.310 e. The Hall–Kier alpha value is -1.84. The van der Waals surface area contributed by atoms with Gasteiger partial charge in [-0.2, -0.15) is 0 Å². The predicted octanol–water partition coefficient (Wildman–Crippen LogP) is 2.74. The topological polar surface area (TPSA) is 46.6 Å². The Kier molecular flexibility index (Phi) is 6.22. The molecule has 1 aromatic carbocycles. The molecule has 0 aliphatic heterocycles. The molecule has 20 heavy (non-hydrogen) atoms. The number of carbonyl (C=O) groups is 2. The van der Waals surface area contributed by atoms with Crippen molar-refractivity contribution in [1.82, 2.24) is 4.90 Å². The van der Waals surface area contributed by atoms with Crippen LogP contribution in [0.25, 0.3) is 0 Å². The SMILES string of the molecule is CCC(C)N(CC(C)C(=O)OC)C(=O)c1ccccc1. The molecule has 0 aromatic heterocycles. The molecule has 0 N–H and O–H groups in total. The van der Waals surface area contributed by atoms with Gasteiger partial charge in [0.25, 0.3) is 5.91 Å². The molecule has 4 heteroatoms. The molecule has 0 aliphatic carbocycles. The van der Waals surface area contributed by atoms with Gasteiger partial charge in [0, 0.05) is 18.2 Å². The van der Waals surface area contributed by atoms with Crippen LogP contribution in [0.1, 0.15) is 37.6 Å². The molecule has 2 atom stereocenters. The summed E-state index contributed by atoms with van der Waals surface area (Å²) in [6.07, 6.45) is 0.840. The third-order valence-electron chi connectivity index (χ3n) is 3.48. The van der Waals surface area contributed by atoms with Gasteiger partial charge in [0.05, 0.1) is 13.0 Å². The number of amides is 1. The summed E-state index contributed by atoms with van der Waals surface area (Å²) in [4.78, 5) is 25.9. The van der Waals surface area contributed by atoms with Crippen LogP contribution >= 0.6 is 0 Å². The number of carbonyl (C=O) groups excluding carboxylic acids is 2. The number of esters is 1. The summed E-state index contributed by atoms with van der Waals surface area (Å²) in [5, 5.41) is 0. The molecular weight excluding hydrogens is 254 g/mol. The zero-order chi connectivity index (χ0) is 15.1. The molecule has 0 radical (unpaired) electrons. The lowest BCUT2D eigenvalue weighted by atomic mass is 10.1. The average molecular weight is 277 g/mol. The van der Waals surface area contributed by atoms with Gasteiger partial charge in [-0.3, -0.25) is 9.59 Å². The molecule has 0 aliphatic rings. The lowest BCUT2D eigenvalue weighted by Crippen LogP contribution is -2.42. The Morgan fingerprint density at radius 3 is 2.30 bits per heavy atom. The van der Waals surface area contributed by atoms with Crippen LogP contribution in [0.5, 0.6) is 0 Å². The summed E-state index contributed by atoms with van der Waals surface area (Å²) in [6, 6.07) is 9.22. The van der Waals surface area contributed by atoms with E-state index in [1.807, 2.05) is 32.0 Å². The maximum atomic E-state index is 12.6. The van der Waals surface area contributed by atoms with Gasteiger partial charge >= 0.3 is 5.97 Å². The highest BCUT2D eigenvalue weighted by molar-refractivity contribution is 5.94. The first-order chi connectivity index (χ1) is 9.51. The summed E-state index contributed by atoms with van der Waals surface area (Å²) >= 11 is 0. The second-order valence-corrected chi connectivity index (χ2v) is 5.01. The normalized spacial score (nSPS) is 13.4. The maximum absolute atomic E-state index is 12.6. The van der Waals surface area contributed by atoms with Crippen LogP contribution in [0, 0.1) is 5.92 Å². The van der Waals surface area contributed by atoms with Gasteiger partial charge in [-0.25, -0.2) is 0 Å². The van der Waals surface area contributed by atoms with Crippen LogP contribution in [0.3, 0.4) is 0 Å². The molecule has 0 saturated carbocycles. The van der Waals surface area contributed by atoms with E-state index in [1.54, 1.807) is 24.0 Å². The first-order valence-corrected chi connectivity index (χ1v) is 6.95. The van der Waals surface area contributed by atoms with Gasteiger partial charge in [-0.05, 0) is 25.5 Å². The van der Waals surface area contributed by atoms with Crippen molar-refractivity contribution in [3.63, 3.8) is 0 Å². The molecule has 4 nitrogen and oxygen atoms in total. The Morgan fingerprint density at radius 2 is 1.80 bits per heavy atom. The van der Waals surface area contributed by atoms with Crippen molar-refractivity contribution in [3.05, 3.63) is 35.9 Å². The third kappa shape index (κ3) is 4.08. The number of hydrogen-bond acceptors (Lipinski definition) is 3. The van der Waals surface area contributed by atoms with Gasteiger partial charge in [0.2, 0.25) is 0 Å². The monoisotopic (exact) mass is 277 g/mol. The second kappa shape index (κ2) is 7.68. The van der Waals surface area contributed by atoms with Gasteiger partial charge < -0.3 is 9.64 Å². The Bertz CT molecular complexity index is 444. The van der Waals surface area contributed by atoms with Crippen LogP contribution in [0.2, 0.25) is 0 Å². The van der Waals surface area contributed by atoms with Crippen LogP contribution < -0.4 is 0 Å². The summed E-state index contributed by atoms with van der Waals surface area (Å²) in [6.45, 7) is 6.17. The zero-order valence-corrected chi connectivity index (χ0v) is 12.6. The summed E-state index contributed by atoms with van der Waals surface area (Å²) < 4.78 is 4.73. The fourth-order valence-corrected chi connectivity index (χ4v) is 2.00. The van der Waals surface area contributed by atoms with Crippen molar-refractivity contribution < 1.29 is 14.3 Å². The Morgan fingerprint density at radius 1 is 1.20 bits per heavy atom. The first kappa shape index (κ1) is 16.2. The smallest absolute Gasteiger partial charge is 0.310 e. The van der Waals surface area contributed by atoms with Crippen LogP contribution in [0.4, 0.5) is 0 Å². The molecule has 1 rings (SSSR count). The third-order valence-corrected chi connectivity index (χ3v) is 3.48. The molecule has 0 bridgehead atoms. The quantitative estimate of drug-likeness (QED) is 0.751. The number of methoxy groups -OCH3 is 1. The van der Waals surface area contributed by atoms with Crippen molar-refractivity contribution in [2.45, 2.75) is 33.2 Å². The standard InChI is InChI=1S/C16H23NO3/c1-5-13(3)17(11-12(2)16(19)20-4)15(18)14-9-7-6-8-10-14/h6-10,12-13H,5,11H2,1-4H3. The predicted molar refractivity (Wildman–Crippen MR) is 78.4 cm³/mol. The molecule has 110 valence electrons. The van der Waals surface area contributed by atoms with Gasteiger partial charge in [-0.15, -0.1) is 0 Å². The van der Waals surface area contributed by atoms with Crippen molar-refractivity contribution >= 4 is 11.9 Å². The van der Waals surface area contributed by atoms with E-state index in [9.17, 15) is 9.59 Å². The fourth-order valence-electron chi connectivity index (χ4n) is 2.00. The molecule has 0 heterocycles. The molecule has 0 spiro atoms. The fraction of sp³-hybridized carbons (Fsp3) is 0.500. The summed E-state index contributed by atoms with van der Waals surface area (Å²) in [5.41, 5.74) is 0.643. The lowest BCUT2D eigenvalue weighted by molar-refractivity contribution is -0.145. The number of hydrogen-bond donors (Lipinski definition) is 0. The highest BCUT2D eigenvalue weighted by atomic mass is 16.5. The first-order valence-electron chi connectivity index (χ1n) is 6.95. The van der Waals surface area contributed by atoms with E-state index in [1.165, 1.54) is 7.11 Å². The number of rotatable bonds is 6. The second-order valence-electron chi connectivity index (χ2n) is 5.01.